The maximum atomic E-state index is 12.8. The number of hydrogen-bond acceptors (Lipinski definition) is 6. The first-order valence-electron chi connectivity index (χ1n) is 13.0. The molecule has 1 aromatic heterocycles. The number of fused-ring (bicyclic) bond motifs is 2. The van der Waals surface area contributed by atoms with Crippen LogP contribution in [0.2, 0.25) is 0 Å². The van der Waals surface area contributed by atoms with Crippen molar-refractivity contribution in [2.45, 2.75) is 46.5 Å². The molecule has 2 aliphatic heterocycles. The number of rotatable bonds is 6. The number of para-hydroxylation sites is 1. The number of hydrogen-bond donors (Lipinski definition) is 0. The Bertz CT molecular complexity index is 1270. The Morgan fingerprint density at radius 3 is 2.58 bits per heavy atom. The van der Waals surface area contributed by atoms with E-state index >= 15 is 0 Å². The molecule has 1 saturated heterocycles. The highest BCUT2D eigenvalue weighted by molar-refractivity contribution is 6.03. The van der Waals surface area contributed by atoms with Gasteiger partial charge in [0.05, 0.1) is 11.9 Å². The van der Waals surface area contributed by atoms with Crippen LogP contribution in [0.5, 0.6) is 0 Å². The first-order valence-corrected chi connectivity index (χ1v) is 13.0. The molecular weight excluding hydrogens is 452 g/mol. The number of amides is 1. The quantitative estimate of drug-likeness (QED) is 0.503. The van der Waals surface area contributed by atoms with Gasteiger partial charge in [-0.25, -0.2) is 0 Å². The molecule has 7 nitrogen and oxygen atoms in total. The minimum Gasteiger partial charge on any atom is -0.354 e. The van der Waals surface area contributed by atoms with Crippen molar-refractivity contribution >= 4 is 34.2 Å². The monoisotopic (exact) mass is 488 g/mol. The summed E-state index contributed by atoms with van der Waals surface area (Å²) >= 11 is 0. The molecule has 1 fully saturated rings. The fraction of sp³-hybridized carbons (Fsp3) is 0.483. The highest BCUT2D eigenvalue weighted by atomic mass is 16.5. The highest BCUT2D eigenvalue weighted by Gasteiger charge is 2.33. The van der Waals surface area contributed by atoms with Crippen molar-refractivity contribution in [3.05, 3.63) is 53.6 Å². The van der Waals surface area contributed by atoms with Crippen molar-refractivity contribution in [2.75, 3.05) is 49.1 Å². The van der Waals surface area contributed by atoms with Crippen molar-refractivity contribution in [3.63, 3.8) is 0 Å². The zero-order chi connectivity index (χ0) is 25.4. The van der Waals surface area contributed by atoms with E-state index in [0.29, 0.717) is 6.42 Å². The molecule has 190 valence electrons. The van der Waals surface area contributed by atoms with Crippen LogP contribution in [0.15, 0.2) is 47.0 Å². The minimum atomic E-state index is -0.464. The molecule has 2 aliphatic rings. The molecule has 1 atom stereocenters. The van der Waals surface area contributed by atoms with Crippen molar-refractivity contribution in [1.82, 2.24) is 10.1 Å². The summed E-state index contributed by atoms with van der Waals surface area (Å²) in [6.45, 7) is 12.8. The van der Waals surface area contributed by atoms with Crippen LogP contribution in [-0.2, 0) is 16.0 Å². The molecule has 3 aromatic rings. The highest BCUT2D eigenvalue weighted by Crippen LogP contribution is 2.37. The van der Waals surface area contributed by atoms with Crippen LogP contribution in [0.4, 0.5) is 11.5 Å². The molecule has 7 heteroatoms. The van der Waals surface area contributed by atoms with Gasteiger partial charge in [-0.3, -0.25) is 14.5 Å². The van der Waals surface area contributed by atoms with Gasteiger partial charge < -0.3 is 14.3 Å². The van der Waals surface area contributed by atoms with Crippen molar-refractivity contribution in [1.29, 1.82) is 0 Å². The lowest BCUT2D eigenvalue weighted by molar-refractivity contribution is -0.127. The van der Waals surface area contributed by atoms with E-state index in [4.69, 9.17) is 4.52 Å². The maximum Gasteiger partial charge on any atom is 0.228 e. The summed E-state index contributed by atoms with van der Waals surface area (Å²) in [5.41, 5.74) is 3.72. The van der Waals surface area contributed by atoms with Crippen LogP contribution < -0.4 is 9.80 Å². The number of aromatic nitrogens is 1. The van der Waals surface area contributed by atoms with E-state index in [-0.39, 0.29) is 24.2 Å². The second kappa shape index (κ2) is 9.69. The van der Waals surface area contributed by atoms with Crippen LogP contribution in [0.3, 0.4) is 0 Å². The summed E-state index contributed by atoms with van der Waals surface area (Å²) in [6, 6.07) is 14.4. The minimum absolute atomic E-state index is 0.0399. The van der Waals surface area contributed by atoms with Gasteiger partial charge in [0.1, 0.15) is 0 Å². The molecule has 3 heterocycles. The van der Waals surface area contributed by atoms with E-state index < -0.39 is 5.41 Å². The SMILES string of the molecule is CC1CC(=O)N(CC(=O)C(C)(C)C)c2ccc(CCN3CCN(c4noc5ccccc45)CC3)cc21. The van der Waals surface area contributed by atoms with Gasteiger partial charge in [0, 0.05) is 50.2 Å². The number of Topliss-reactive ketones (excluding diaryl/α,β-unsaturated/α-hetero) is 1. The summed E-state index contributed by atoms with van der Waals surface area (Å²) in [4.78, 5) is 32.0. The molecular formula is C29H36N4O3. The average molecular weight is 489 g/mol. The van der Waals surface area contributed by atoms with Gasteiger partial charge in [0.15, 0.2) is 17.2 Å². The van der Waals surface area contributed by atoms with E-state index in [2.05, 4.69) is 40.1 Å². The molecule has 1 unspecified atom stereocenters. The normalized spacial score (nSPS) is 19.1. The van der Waals surface area contributed by atoms with Gasteiger partial charge >= 0.3 is 0 Å². The van der Waals surface area contributed by atoms with Crippen LogP contribution >= 0.6 is 0 Å². The van der Waals surface area contributed by atoms with E-state index in [1.807, 2.05) is 45.0 Å². The molecule has 1 amide bonds. The second-order valence-corrected chi connectivity index (χ2v) is 11.2. The summed E-state index contributed by atoms with van der Waals surface area (Å²) in [5, 5.41) is 5.39. The lowest BCUT2D eigenvalue weighted by Crippen LogP contribution is -2.47. The Balaban J connectivity index is 1.21. The summed E-state index contributed by atoms with van der Waals surface area (Å²) in [7, 11) is 0. The van der Waals surface area contributed by atoms with E-state index in [9.17, 15) is 9.59 Å². The van der Waals surface area contributed by atoms with Gasteiger partial charge in [-0.2, -0.15) is 0 Å². The molecule has 36 heavy (non-hydrogen) atoms. The number of ketones is 1. The van der Waals surface area contributed by atoms with Gasteiger partial charge in [-0.15, -0.1) is 0 Å². The lowest BCUT2D eigenvalue weighted by atomic mass is 9.87. The first kappa shape index (κ1) is 24.5. The number of piperazine rings is 1. The summed E-state index contributed by atoms with van der Waals surface area (Å²) < 4.78 is 5.49. The Kier molecular flexibility index (Phi) is 6.60. The van der Waals surface area contributed by atoms with E-state index in [1.54, 1.807) is 4.90 Å². The Hall–Kier alpha value is -3.19. The Morgan fingerprint density at radius 2 is 1.83 bits per heavy atom. The predicted octanol–water partition coefficient (Wildman–Crippen LogP) is 4.65. The molecule has 0 bridgehead atoms. The third-order valence-corrected chi connectivity index (χ3v) is 7.58. The lowest BCUT2D eigenvalue weighted by Gasteiger charge is -2.35. The van der Waals surface area contributed by atoms with Crippen LogP contribution in [-0.4, -0.2) is 61.0 Å². The van der Waals surface area contributed by atoms with Crippen LogP contribution in [0.25, 0.3) is 11.0 Å². The third kappa shape index (κ3) is 4.89. The van der Waals surface area contributed by atoms with E-state index in [1.165, 1.54) is 11.1 Å². The number of anilines is 2. The van der Waals surface area contributed by atoms with Gasteiger partial charge in [0.2, 0.25) is 5.91 Å². The zero-order valence-electron chi connectivity index (χ0n) is 21.8. The van der Waals surface area contributed by atoms with Crippen LogP contribution in [0.1, 0.15) is 51.2 Å². The average Bonchev–Trinajstić information content (AvgIpc) is 3.29. The summed E-state index contributed by atoms with van der Waals surface area (Å²) in [6.07, 6.45) is 1.41. The summed E-state index contributed by atoms with van der Waals surface area (Å²) in [5.74, 6) is 1.23. The third-order valence-electron chi connectivity index (χ3n) is 7.58. The zero-order valence-corrected chi connectivity index (χ0v) is 21.8. The molecule has 0 radical (unpaired) electrons. The van der Waals surface area contributed by atoms with Gasteiger partial charge in [-0.1, -0.05) is 57.1 Å². The molecule has 2 aromatic carbocycles. The Labute approximate surface area is 213 Å². The fourth-order valence-electron chi connectivity index (χ4n) is 5.14. The number of carbonyl (C=O) groups is 2. The maximum absolute atomic E-state index is 12.8. The van der Waals surface area contributed by atoms with Crippen molar-refractivity contribution < 1.29 is 14.1 Å². The van der Waals surface area contributed by atoms with Crippen molar-refractivity contribution in [3.8, 4) is 0 Å². The van der Waals surface area contributed by atoms with Crippen molar-refractivity contribution in [2.24, 2.45) is 5.41 Å². The van der Waals surface area contributed by atoms with E-state index in [0.717, 1.165) is 61.6 Å². The Morgan fingerprint density at radius 1 is 1.08 bits per heavy atom. The van der Waals surface area contributed by atoms with Gasteiger partial charge in [-0.05, 0) is 41.7 Å². The molecule has 0 aliphatic carbocycles. The largest absolute Gasteiger partial charge is 0.354 e. The molecule has 0 saturated carbocycles. The predicted molar refractivity (Wildman–Crippen MR) is 143 cm³/mol. The number of nitrogens with zero attached hydrogens (tertiary/aromatic N) is 4. The number of benzene rings is 2. The first-order chi connectivity index (χ1) is 17.2. The fourth-order valence-corrected chi connectivity index (χ4v) is 5.14. The topological polar surface area (TPSA) is 69.9 Å². The standard InChI is InChI=1S/C29H36N4O3/c1-20-17-27(35)33(19-26(34)29(2,3)4)24-10-9-21(18-23(20)24)11-12-31-13-15-32(16-14-31)28-22-7-5-6-8-25(22)36-30-28/h5-10,18,20H,11-17,19H2,1-4H3. The van der Waals surface area contributed by atoms with Crippen LogP contribution in [0, 0.1) is 5.41 Å². The molecule has 0 N–H and O–H groups in total. The van der Waals surface area contributed by atoms with Gasteiger partial charge in [0.25, 0.3) is 0 Å². The smallest absolute Gasteiger partial charge is 0.228 e. The molecule has 5 rings (SSSR count). The molecule has 0 spiro atoms. The second-order valence-electron chi connectivity index (χ2n) is 11.2. The number of carbonyl (C=O) groups excluding carboxylic acids is 2.